The highest BCUT2D eigenvalue weighted by atomic mass is 16.4. The molecule has 0 fully saturated rings. The molecule has 0 atom stereocenters. The Hall–Kier alpha value is -3.14. The lowest BCUT2D eigenvalue weighted by Crippen LogP contribution is -2.12. The van der Waals surface area contributed by atoms with E-state index in [2.05, 4.69) is 0 Å². The molecule has 0 saturated heterocycles. The van der Waals surface area contributed by atoms with Gasteiger partial charge in [0.05, 0.1) is 0 Å². The summed E-state index contributed by atoms with van der Waals surface area (Å²) in [6.45, 7) is 0. The molecule has 3 aromatic rings. The molecule has 1 aromatic heterocycles. The fourth-order valence-corrected chi connectivity index (χ4v) is 2.52. The first-order chi connectivity index (χ1) is 11.6. The second-order valence-electron chi connectivity index (χ2n) is 5.64. The first-order valence-corrected chi connectivity index (χ1v) is 7.58. The van der Waals surface area contributed by atoms with E-state index >= 15 is 0 Å². The SMILES string of the molecule is CN(C)c1ccccc1C=CC(=O)c1cc2ccccc2oc1=O. The summed E-state index contributed by atoms with van der Waals surface area (Å²) in [4.78, 5) is 26.4. The summed E-state index contributed by atoms with van der Waals surface area (Å²) in [6, 6.07) is 16.4. The molecular weight excluding hydrogens is 302 g/mol. The van der Waals surface area contributed by atoms with Gasteiger partial charge in [0, 0.05) is 25.2 Å². The third-order valence-corrected chi connectivity index (χ3v) is 3.74. The van der Waals surface area contributed by atoms with Crippen LogP contribution in [0, 0.1) is 0 Å². The molecule has 0 saturated carbocycles. The van der Waals surface area contributed by atoms with Crippen LogP contribution in [0.15, 0.2) is 69.9 Å². The van der Waals surface area contributed by atoms with Crippen LogP contribution in [0.25, 0.3) is 17.0 Å². The quantitative estimate of drug-likeness (QED) is 0.417. The predicted octanol–water partition coefficient (Wildman–Crippen LogP) is 3.76. The molecule has 24 heavy (non-hydrogen) atoms. The minimum absolute atomic E-state index is 0.0345. The van der Waals surface area contributed by atoms with Crippen LogP contribution in [0.5, 0.6) is 0 Å². The highest BCUT2D eigenvalue weighted by Crippen LogP contribution is 2.20. The second-order valence-corrected chi connectivity index (χ2v) is 5.64. The molecule has 0 N–H and O–H groups in total. The van der Waals surface area contributed by atoms with Crippen LogP contribution in [-0.2, 0) is 0 Å². The van der Waals surface area contributed by atoms with E-state index in [1.165, 1.54) is 6.08 Å². The van der Waals surface area contributed by atoms with Crippen LogP contribution >= 0.6 is 0 Å². The molecule has 4 heteroatoms. The van der Waals surface area contributed by atoms with Gasteiger partial charge in [-0.2, -0.15) is 0 Å². The highest BCUT2D eigenvalue weighted by Gasteiger charge is 2.11. The fourth-order valence-electron chi connectivity index (χ4n) is 2.52. The second kappa shape index (κ2) is 6.54. The maximum atomic E-state index is 12.4. The van der Waals surface area contributed by atoms with Crippen LogP contribution in [0.1, 0.15) is 15.9 Å². The average Bonchev–Trinajstić information content (AvgIpc) is 2.59. The normalized spacial score (nSPS) is 11.1. The van der Waals surface area contributed by atoms with E-state index in [1.807, 2.05) is 49.3 Å². The minimum atomic E-state index is -0.621. The number of carbonyl (C=O) groups is 1. The number of fused-ring (bicyclic) bond motifs is 1. The summed E-state index contributed by atoms with van der Waals surface area (Å²) in [5.74, 6) is -0.372. The zero-order chi connectivity index (χ0) is 17.1. The van der Waals surface area contributed by atoms with E-state index in [1.54, 1.807) is 30.3 Å². The van der Waals surface area contributed by atoms with Gasteiger partial charge in [-0.1, -0.05) is 36.4 Å². The summed E-state index contributed by atoms with van der Waals surface area (Å²) in [6.07, 6.45) is 3.12. The van der Waals surface area contributed by atoms with Crippen LogP contribution in [0.2, 0.25) is 0 Å². The molecule has 0 aliphatic heterocycles. The van der Waals surface area contributed by atoms with Crippen LogP contribution in [0.4, 0.5) is 5.69 Å². The number of nitrogens with zero attached hydrogens (tertiary/aromatic N) is 1. The number of carbonyl (C=O) groups excluding carboxylic acids is 1. The molecule has 0 unspecified atom stereocenters. The van der Waals surface area contributed by atoms with Crippen molar-refractivity contribution < 1.29 is 9.21 Å². The van der Waals surface area contributed by atoms with E-state index in [0.29, 0.717) is 5.58 Å². The maximum absolute atomic E-state index is 12.4. The molecular formula is C20H17NO3. The minimum Gasteiger partial charge on any atom is -0.422 e. The Morgan fingerprint density at radius 1 is 1.04 bits per heavy atom. The van der Waals surface area contributed by atoms with Crippen molar-refractivity contribution in [3.63, 3.8) is 0 Å². The van der Waals surface area contributed by atoms with Gasteiger partial charge in [0.2, 0.25) is 0 Å². The van der Waals surface area contributed by atoms with Crippen molar-refractivity contribution in [3.8, 4) is 0 Å². The topological polar surface area (TPSA) is 50.5 Å². The summed E-state index contributed by atoms with van der Waals surface area (Å²) >= 11 is 0. The van der Waals surface area contributed by atoms with Crippen LogP contribution in [0.3, 0.4) is 0 Å². The lowest BCUT2D eigenvalue weighted by molar-refractivity contribution is 0.104. The third kappa shape index (κ3) is 3.13. The van der Waals surface area contributed by atoms with Crippen LogP contribution < -0.4 is 10.5 Å². The smallest absolute Gasteiger partial charge is 0.347 e. The van der Waals surface area contributed by atoms with Gasteiger partial charge in [-0.15, -0.1) is 0 Å². The van der Waals surface area contributed by atoms with Gasteiger partial charge in [-0.05, 0) is 35.9 Å². The van der Waals surface area contributed by atoms with E-state index in [0.717, 1.165) is 16.6 Å². The lowest BCUT2D eigenvalue weighted by atomic mass is 10.1. The van der Waals surface area contributed by atoms with E-state index in [9.17, 15) is 9.59 Å². The molecule has 1 heterocycles. The van der Waals surface area contributed by atoms with Gasteiger partial charge >= 0.3 is 5.63 Å². The Bertz CT molecular complexity index is 983. The molecule has 120 valence electrons. The Balaban J connectivity index is 1.96. The van der Waals surface area contributed by atoms with Gasteiger partial charge in [-0.25, -0.2) is 4.79 Å². The van der Waals surface area contributed by atoms with E-state index in [-0.39, 0.29) is 11.3 Å². The first kappa shape index (κ1) is 15.7. The third-order valence-electron chi connectivity index (χ3n) is 3.74. The van der Waals surface area contributed by atoms with E-state index in [4.69, 9.17) is 4.42 Å². The number of hydrogen-bond donors (Lipinski definition) is 0. The first-order valence-electron chi connectivity index (χ1n) is 7.58. The standard InChI is InChI=1S/C20H17NO3/c1-21(2)17-9-5-3-7-14(17)11-12-18(22)16-13-15-8-4-6-10-19(15)24-20(16)23/h3-13H,1-2H3. The molecule has 2 aromatic carbocycles. The number of ketones is 1. The lowest BCUT2D eigenvalue weighted by Gasteiger charge is -2.15. The van der Waals surface area contributed by atoms with Gasteiger partial charge in [0.15, 0.2) is 5.78 Å². The predicted molar refractivity (Wildman–Crippen MR) is 96.6 cm³/mol. The van der Waals surface area contributed by atoms with Crippen LogP contribution in [-0.4, -0.2) is 19.9 Å². The number of benzene rings is 2. The fraction of sp³-hybridized carbons (Fsp3) is 0.100. The van der Waals surface area contributed by atoms with Crippen molar-refractivity contribution >= 4 is 28.5 Å². The Morgan fingerprint density at radius 2 is 1.75 bits per heavy atom. The summed E-state index contributed by atoms with van der Waals surface area (Å²) < 4.78 is 5.21. The zero-order valence-corrected chi connectivity index (χ0v) is 13.5. The van der Waals surface area contributed by atoms with Crippen molar-refractivity contribution in [2.75, 3.05) is 19.0 Å². The Kier molecular flexibility index (Phi) is 4.29. The molecule has 0 bridgehead atoms. The number of allylic oxidation sites excluding steroid dienone is 1. The monoisotopic (exact) mass is 319 g/mol. The van der Waals surface area contributed by atoms with E-state index < -0.39 is 5.63 Å². The Morgan fingerprint density at radius 3 is 2.54 bits per heavy atom. The maximum Gasteiger partial charge on any atom is 0.347 e. The summed E-state index contributed by atoms with van der Waals surface area (Å²) in [5, 5.41) is 0.725. The molecule has 0 spiro atoms. The summed E-state index contributed by atoms with van der Waals surface area (Å²) in [5.41, 5.74) is 1.78. The van der Waals surface area contributed by atoms with Crippen molar-refractivity contribution in [2.45, 2.75) is 0 Å². The molecule has 0 amide bonds. The largest absolute Gasteiger partial charge is 0.422 e. The van der Waals surface area contributed by atoms with Crippen molar-refractivity contribution in [1.29, 1.82) is 0 Å². The zero-order valence-electron chi connectivity index (χ0n) is 13.5. The van der Waals surface area contributed by atoms with Gasteiger partial charge in [0.25, 0.3) is 0 Å². The number of anilines is 1. The van der Waals surface area contributed by atoms with Gasteiger partial charge < -0.3 is 9.32 Å². The molecule has 0 radical (unpaired) electrons. The Labute approximate surface area is 139 Å². The van der Waals surface area contributed by atoms with Gasteiger partial charge in [-0.3, -0.25) is 4.79 Å². The van der Waals surface area contributed by atoms with Crippen molar-refractivity contribution in [2.24, 2.45) is 0 Å². The number of para-hydroxylation sites is 2. The number of hydrogen-bond acceptors (Lipinski definition) is 4. The molecule has 0 aliphatic carbocycles. The molecule has 4 nitrogen and oxygen atoms in total. The average molecular weight is 319 g/mol. The molecule has 0 aliphatic rings. The highest BCUT2D eigenvalue weighted by molar-refractivity contribution is 6.08. The van der Waals surface area contributed by atoms with Crippen molar-refractivity contribution in [1.82, 2.24) is 0 Å². The number of rotatable bonds is 4. The van der Waals surface area contributed by atoms with Crippen molar-refractivity contribution in [3.05, 3.63) is 82.2 Å². The summed E-state index contributed by atoms with van der Waals surface area (Å²) in [7, 11) is 3.87. The van der Waals surface area contributed by atoms with Gasteiger partial charge in [0.1, 0.15) is 11.1 Å². The molecule has 3 rings (SSSR count).